The fourth-order valence-electron chi connectivity index (χ4n) is 1.94. The Balaban J connectivity index is 2.64. The highest BCUT2D eigenvalue weighted by molar-refractivity contribution is 5.90. The average Bonchev–Trinajstić information content (AvgIpc) is 2.30. The van der Waals surface area contributed by atoms with Crippen molar-refractivity contribution in [3.05, 3.63) is 23.8 Å². The summed E-state index contributed by atoms with van der Waals surface area (Å²) in [5.74, 6) is 0.634. The number of rotatable bonds is 6. The van der Waals surface area contributed by atoms with Crippen LogP contribution in [0.4, 0.5) is 11.4 Å². The van der Waals surface area contributed by atoms with E-state index in [0.29, 0.717) is 5.92 Å². The normalized spacial score (nSPS) is 12.0. The highest BCUT2D eigenvalue weighted by Gasteiger charge is 2.04. The topological polar surface area (TPSA) is 41.1 Å². The molecule has 0 aromatic heterocycles. The van der Waals surface area contributed by atoms with Crippen LogP contribution in [0.3, 0.4) is 0 Å². The molecule has 1 aromatic carbocycles. The number of aryl methyl sites for hydroxylation is 1. The second-order valence-electron chi connectivity index (χ2n) is 4.99. The maximum Gasteiger partial charge on any atom is 0.221 e. The molecular formula is C15H24N2O. The zero-order valence-electron chi connectivity index (χ0n) is 11.8. The van der Waals surface area contributed by atoms with E-state index in [0.717, 1.165) is 23.5 Å². The van der Waals surface area contributed by atoms with Gasteiger partial charge in [-0.05, 0) is 37.0 Å². The summed E-state index contributed by atoms with van der Waals surface area (Å²) in [6.07, 6.45) is 2.45. The number of carbonyl (C=O) groups excluding carboxylic acids is 1. The Labute approximate surface area is 110 Å². The number of anilines is 2. The minimum absolute atomic E-state index is 0.0328. The van der Waals surface area contributed by atoms with Crippen LogP contribution in [-0.2, 0) is 4.79 Å². The number of hydrogen-bond acceptors (Lipinski definition) is 2. The van der Waals surface area contributed by atoms with E-state index in [2.05, 4.69) is 30.5 Å². The molecule has 1 aromatic rings. The Kier molecular flexibility index (Phi) is 5.69. The van der Waals surface area contributed by atoms with Gasteiger partial charge in [0.1, 0.15) is 0 Å². The molecule has 0 saturated heterocycles. The summed E-state index contributed by atoms with van der Waals surface area (Å²) in [5, 5.41) is 6.27. The van der Waals surface area contributed by atoms with Crippen LogP contribution in [0.25, 0.3) is 0 Å². The maximum atomic E-state index is 11.1. The van der Waals surface area contributed by atoms with Crippen LogP contribution < -0.4 is 10.6 Å². The predicted octanol–water partition coefficient (Wildman–Crippen LogP) is 3.80. The van der Waals surface area contributed by atoms with Crippen molar-refractivity contribution in [1.82, 2.24) is 0 Å². The van der Waals surface area contributed by atoms with Crippen LogP contribution in [0, 0.1) is 12.8 Å². The number of carbonyl (C=O) groups is 1. The van der Waals surface area contributed by atoms with Crippen molar-refractivity contribution >= 4 is 17.3 Å². The van der Waals surface area contributed by atoms with E-state index in [1.165, 1.54) is 19.8 Å². The summed E-state index contributed by atoms with van der Waals surface area (Å²) in [6.45, 7) is 8.95. The Hall–Kier alpha value is -1.51. The Morgan fingerprint density at radius 1 is 1.39 bits per heavy atom. The third kappa shape index (κ3) is 4.78. The molecule has 0 bridgehead atoms. The van der Waals surface area contributed by atoms with Crippen LogP contribution >= 0.6 is 0 Å². The van der Waals surface area contributed by atoms with Gasteiger partial charge in [0.25, 0.3) is 0 Å². The summed E-state index contributed by atoms with van der Waals surface area (Å²) in [6, 6.07) is 6.08. The van der Waals surface area contributed by atoms with Gasteiger partial charge in [-0.15, -0.1) is 0 Å². The molecule has 0 fully saturated rings. The first-order chi connectivity index (χ1) is 8.52. The third-order valence-corrected chi connectivity index (χ3v) is 2.98. The largest absolute Gasteiger partial charge is 0.385 e. The van der Waals surface area contributed by atoms with Gasteiger partial charge in [-0.1, -0.05) is 26.3 Å². The van der Waals surface area contributed by atoms with Crippen molar-refractivity contribution in [3.63, 3.8) is 0 Å². The van der Waals surface area contributed by atoms with E-state index in [9.17, 15) is 4.79 Å². The minimum Gasteiger partial charge on any atom is -0.385 e. The lowest BCUT2D eigenvalue weighted by Crippen LogP contribution is -2.12. The van der Waals surface area contributed by atoms with Crippen LogP contribution in [-0.4, -0.2) is 12.5 Å². The summed E-state index contributed by atoms with van der Waals surface area (Å²) < 4.78 is 0. The molecule has 0 aliphatic rings. The lowest BCUT2D eigenvalue weighted by Gasteiger charge is -2.14. The molecule has 0 aliphatic heterocycles. The lowest BCUT2D eigenvalue weighted by molar-refractivity contribution is -0.114. The van der Waals surface area contributed by atoms with Crippen molar-refractivity contribution in [1.29, 1.82) is 0 Å². The van der Waals surface area contributed by atoms with Gasteiger partial charge in [-0.3, -0.25) is 4.79 Å². The maximum absolute atomic E-state index is 11.1. The van der Waals surface area contributed by atoms with Crippen LogP contribution in [0.5, 0.6) is 0 Å². The second-order valence-corrected chi connectivity index (χ2v) is 4.99. The highest BCUT2D eigenvalue weighted by Crippen LogP contribution is 2.20. The number of nitrogens with one attached hydrogen (secondary N) is 2. The molecule has 1 atom stereocenters. The zero-order chi connectivity index (χ0) is 13.5. The van der Waals surface area contributed by atoms with E-state index in [-0.39, 0.29) is 5.91 Å². The molecule has 0 heterocycles. The summed E-state index contributed by atoms with van der Waals surface area (Å²) in [7, 11) is 0. The zero-order valence-corrected chi connectivity index (χ0v) is 11.8. The molecular weight excluding hydrogens is 224 g/mol. The van der Waals surface area contributed by atoms with Gasteiger partial charge in [0.05, 0.1) is 0 Å². The first-order valence-corrected chi connectivity index (χ1v) is 6.65. The molecule has 1 unspecified atom stereocenters. The van der Waals surface area contributed by atoms with Crippen molar-refractivity contribution in [2.75, 3.05) is 17.2 Å². The molecule has 18 heavy (non-hydrogen) atoms. The van der Waals surface area contributed by atoms with Gasteiger partial charge >= 0.3 is 0 Å². The average molecular weight is 248 g/mol. The predicted molar refractivity (Wildman–Crippen MR) is 78.0 cm³/mol. The quantitative estimate of drug-likeness (QED) is 0.804. The van der Waals surface area contributed by atoms with Gasteiger partial charge < -0.3 is 10.6 Å². The van der Waals surface area contributed by atoms with Gasteiger partial charge in [0, 0.05) is 24.8 Å². The van der Waals surface area contributed by atoms with Crippen LogP contribution in [0.2, 0.25) is 0 Å². The number of benzene rings is 1. The first-order valence-electron chi connectivity index (χ1n) is 6.65. The van der Waals surface area contributed by atoms with Crippen molar-refractivity contribution < 1.29 is 4.79 Å². The molecule has 0 aliphatic carbocycles. The van der Waals surface area contributed by atoms with Crippen molar-refractivity contribution in [2.45, 2.75) is 40.5 Å². The molecule has 3 nitrogen and oxygen atoms in total. The van der Waals surface area contributed by atoms with Gasteiger partial charge in [-0.25, -0.2) is 0 Å². The van der Waals surface area contributed by atoms with E-state index in [1.807, 2.05) is 19.1 Å². The van der Waals surface area contributed by atoms with E-state index in [1.54, 1.807) is 0 Å². The Morgan fingerprint density at radius 3 is 2.72 bits per heavy atom. The lowest BCUT2D eigenvalue weighted by atomic mass is 10.1. The van der Waals surface area contributed by atoms with Gasteiger partial charge in [-0.2, -0.15) is 0 Å². The Bertz CT molecular complexity index is 401. The molecule has 0 saturated carbocycles. The summed E-state index contributed by atoms with van der Waals surface area (Å²) in [4.78, 5) is 11.1. The summed E-state index contributed by atoms with van der Waals surface area (Å²) in [5.41, 5.74) is 3.03. The number of hydrogen-bond donors (Lipinski definition) is 2. The molecule has 0 spiro atoms. The molecule has 0 radical (unpaired) electrons. The van der Waals surface area contributed by atoms with E-state index < -0.39 is 0 Å². The second kappa shape index (κ2) is 7.04. The molecule has 2 N–H and O–H groups in total. The molecule has 1 amide bonds. The molecule has 1 rings (SSSR count). The standard InChI is InChI=1S/C15H24N2O/c1-5-6-11(2)10-16-14-8-7-12(3)15(9-14)17-13(4)18/h7-9,11,16H,5-6,10H2,1-4H3,(H,17,18). The van der Waals surface area contributed by atoms with E-state index in [4.69, 9.17) is 0 Å². The number of amides is 1. The van der Waals surface area contributed by atoms with Gasteiger partial charge in [0.2, 0.25) is 5.91 Å². The fourth-order valence-corrected chi connectivity index (χ4v) is 1.94. The Morgan fingerprint density at radius 2 is 2.11 bits per heavy atom. The van der Waals surface area contributed by atoms with E-state index >= 15 is 0 Å². The summed E-state index contributed by atoms with van der Waals surface area (Å²) >= 11 is 0. The van der Waals surface area contributed by atoms with Crippen molar-refractivity contribution in [2.24, 2.45) is 5.92 Å². The van der Waals surface area contributed by atoms with Crippen LogP contribution in [0.15, 0.2) is 18.2 Å². The third-order valence-electron chi connectivity index (χ3n) is 2.98. The highest BCUT2D eigenvalue weighted by atomic mass is 16.1. The molecule has 3 heteroatoms. The van der Waals surface area contributed by atoms with Gasteiger partial charge in [0.15, 0.2) is 0 Å². The molecule has 100 valence electrons. The minimum atomic E-state index is -0.0328. The smallest absolute Gasteiger partial charge is 0.221 e. The SMILES string of the molecule is CCCC(C)CNc1ccc(C)c(NC(C)=O)c1. The van der Waals surface area contributed by atoms with Crippen LogP contribution in [0.1, 0.15) is 39.2 Å². The fraction of sp³-hybridized carbons (Fsp3) is 0.533. The van der Waals surface area contributed by atoms with Crippen molar-refractivity contribution in [3.8, 4) is 0 Å². The first kappa shape index (κ1) is 14.6. The monoisotopic (exact) mass is 248 g/mol.